The van der Waals surface area contributed by atoms with E-state index in [-0.39, 0.29) is 5.92 Å². The van der Waals surface area contributed by atoms with Gasteiger partial charge in [0, 0.05) is 16.4 Å². The maximum absolute atomic E-state index is 11.4. The van der Waals surface area contributed by atoms with Crippen LogP contribution in [-0.2, 0) is 17.6 Å². The second kappa shape index (κ2) is 7.20. The zero-order valence-corrected chi connectivity index (χ0v) is 12.6. The monoisotopic (exact) mass is 333 g/mol. The van der Waals surface area contributed by atoms with Crippen LogP contribution in [0.15, 0.2) is 53.1 Å². The van der Waals surface area contributed by atoms with E-state index in [4.69, 9.17) is 0 Å². The van der Waals surface area contributed by atoms with E-state index >= 15 is 0 Å². The highest BCUT2D eigenvalue weighted by Gasteiger charge is 2.18. The molecule has 0 aliphatic heterocycles. The Labute approximate surface area is 126 Å². The molecule has 0 spiro atoms. The molecule has 0 bridgehead atoms. The zero-order chi connectivity index (χ0) is 14.4. The van der Waals surface area contributed by atoms with Gasteiger partial charge in [0.15, 0.2) is 0 Å². The molecule has 1 unspecified atom stereocenters. The molecule has 1 heterocycles. The third-order valence-electron chi connectivity index (χ3n) is 3.22. The minimum absolute atomic E-state index is 0.377. The van der Waals surface area contributed by atoms with E-state index in [1.165, 1.54) is 0 Å². The SMILES string of the molecule is O=C(O)C(CCc1ccccn1)Cc1ccc(Br)cc1. The van der Waals surface area contributed by atoms with Crippen molar-refractivity contribution in [2.24, 2.45) is 5.92 Å². The van der Waals surface area contributed by atoms with Crippen molar-refractivity contribution in [3.63, 3.8) is 0 Å². The Kier molecular flexibility index (Phi) is 5.30. The molecular formula is C16H16BrNO2. The lowest BCUT2D eigenvalue weighted by molar-refractivity contribution is -0.141. The number of rotatable bonds is 6. The first-order valence-electron chi connectivity index (χ1n) is 6.52. The van der Waals surface area contributed by atoms with Gasteiger partial charge in [-0.15, -0.1) is 0 Å². The van der Waals surface area contributed by atoms with E-state index in [9.17, 15) is 9.90 Å². The molecule has 3 nitrogen and oxygen atoms in total. The topological polar surface area (TPSA) is 50.2 Å². The van der Waals surface area contributed by atoms with Crippen LogP contribution in [0.25, 0.3) is 0 Å². The lowest BCUT2D eigenvalue weighted by Crippen LogP contribution is -2.17. The molecule has 0 saturated heterocycles. The van der Waals surface area contributed by atoms with E-state index in [2.05, 4.69) is 20.9 Å². The fraction of sp³-hybridized carbons (Fsp3) is 0.250. The van der Waals surface area contributed by atoms with E-state index in [1.54, 1.807) is 6.20 Å². The van der Waals surface area contributed by atoms with E-state index in [0.717, 1.165) is 15.7 Å². The summed E-state index contributed by atoms with van der Waals surface area (Å²) in [6.45, 7) is 0. The Bertz CT molecular complexity index is 554. The van der Waals surface area contributed by atoms with Gasteiger partial charge in [-0.25, -0.2) is 0 Å². The molecule has 0 saturated carbocycles. The summed E-state index contributed by atoms with van der Waals surface area (Å²) in [6, 6.07) is 13.5. The second-order valence-corrected chi connectivity index (χ2v) is 5.64. The molecule has 1 atom stereocenters. The zero-order valence-electron chi connectivity index (χ0n) is 11.0. The minimum Gasteiger partial charge on any atom is -0.481 e. The molecule has 20 heavy (non-hydrogen) atoms. The molecule has 0 radical (unpaired) electrons. The quantitative estimate of drug-likeness (QED) is 0.876. The van der Waals surface area contributed by atoms with Crippen molar-refractivity contribution in [3.05, 3.63) is 64.4 Å². The molecule has 4 heteroatoms. The van der Waals surface area contributed by atoms with Crippen LogP contribution in [0.4, 0.5) is 0 Å². The largest absolute Gasteiger partial charge is 0.481 e. The number of carboxylic acids is 1. The first kappa shape index (κ1) is 14.7. The van der Waals surface area contributed by atoms with E-state index in [1.807, 2.05) is 42.5 Å². The average molecular weight is 334 g/mol. The van der Waals surface area contributed by atoms with Crippen molar-refractivity contribution in [2.75, 3.05) is 0 Å². The molecule has 1 aromatic heterocycles. The fourth-order valence-electron chi connectivity index (χ4n) is 2.09. The van der Waals surface area contributed by atoms with Crippen LogP contribution in [-0.4, -0.2) is 16.1 Å². The highest BCUT2D eigenvalue weighted by atomic mass is 79.9. The third-order valence-corrected chi connectivity index (χ3v) is 3.75. The second-order valence-electron chi connectivity index (χ2n) is 4.73. The maximum Gasteiger partial charge on any atom is 0.306 e. The number of hydrogen-bond donors (Lipinski definition) is 1. The van der Waals surface area contributed by atoms with Crippen LogP contribution in [0, 0.1) is 5.92 Å². The summed E-state index contributed by atoms with van der Waals surface area (Å²) in [7, 11) is 0. The number of carbonyl (C=O) groups is 1. The summed E-state index contributed by atoms with van der Waals surface area (Å²) in [6.07, 6.45) is 3.58. The number of aliphatic carboxylic acids is 1. The first-order chi connectivity index (χ1) is 9.65. The predicted molar refractivity (Wildman–Crippen MR) is 81.5 cm³/mol. The molecule has 2 aromatic rings. The molecule has 0 fully saturated rings. The van der Waals surface area contributed by atoms with Gasteiger partial charge in [-0.2, -0.15) is 0 Å². The molecule has 0 aliphatic carbocycles. The van der Waals surface area contributed by atoms with Crippen molar-refractivity contribution >= 4 is 21.9 Å². The van der Waals surface area contributed by atoms with E-state index in [0.29, 0.717) is 19.3 Å². The Morgan fingerprint density at radius 3 is 2.55 bits per heavy atom. The number of carboxylic acid groups (broad SMARTS) is 1. The average Bonchev–Trinajstić information content (AvgIpc) is 2.46. The van der Waals surface area contributed by atoms with Crippen LogP contribution in [0.1, 0.15) is 17.7 Å². The normalized spacial score (nSPS) is 12.1. The van der Waals surface area contributed by atoms with Crippen molar-refractivity contribution in [1.29, 1.82) is 0 Å². The number of aryl methyl sites for hydroxylation is 1. The Balaban J connectivity index is 1.97. The Hall–Kier alpha value is -1.68. The highest BCUT2D eigenvalue weighted by Crippen LogP contribution is 2.17. The lowest BCUT2D eigenvalue weighted by Gasteiger charge is -2.12. The van der Waals surface area contributed by atoms with Gasteiger partial charge in [-0.1, -0.05) is 34.1 Å². The van der Waals surface area contributed by atoms with Crippen LogP contribution in [0.3, 0.4) is 0 Å². The molecule has 2 rings (SSSR count). The van der Waals surface area contributed by atoms with Gasteiger partial charge in [-0.05, 0) is 49.1 Å². The standard InChI is InChI=1S/C16H16BrNO2/c17-14-7-4-12(5-8-14)11-13(16(19)20)6-9-15-3-1-2-10-18-15/h1-5,7-8,10,13H,6,9,11H2,(H,19,20). The summed E-state index contributed by atoms with van der Waals surface area (Å²) in [5.41, 5.74) is 1.98. The fourth-order valence-corrected chi connectivity index (χ4v) is 2.35. The number of aromatic nitrogens is 1. The smallest absolute Gasteiger partial charge is 0.306 e. The minimum atomic E-state index is -0.746. The van der Waals surface area contributed by atoms with Crippen LogP contribution in [0.2, 0.25) is 0 Å². The van der Waals surface area contributed by atoms with Crippen molar-refractivity contribution in [3.8, 4) is 0 Å². The summed E-state index contributed by atoms with van der Waals surface area (Å²) >= 11 is 3.38. The van der Waals surface area contributed by atoms with Crippen LogP contribution >= 0.6 is 15.9 Å². The van der Waals surface area contributed by atoms with Crippen molar-refractivity contribution in [1.82, 2.24) is 4.98 Å². The molecule has 1 N–H and O–H groups in total. The number of halogens is 1. The molecule has 0 amide bonds. The number of nitrogens with zero attached hydrogens (tertiary/aromatic N) is 1. The van der Waals surface area contributed by atoms with Crippen LogP contribution < -0.4 is 0 Å². The van der Waals surface area contributed by atoms with Gasteiger partial charge >= 0.3 is 5.97 Å². The summed E-state index contributed by atoms with van der Waals surface area (Å²) in [5.74, 6) is -1.12. The van der Waals surface area contributed by atoms with Gasteiger partial charge in [0.05, 0.1) is 5.92 Å². The Morgan fingerprint density at radius 1 is 1.20 bits per heavy atom. The number of pyridine rings is 1. The van der Waals surface area contributed by atoms with Crippen molar-refractivity contribution in [2.45, 2.75) is 19.3 Å². The van der Waals surface area contributed by atoms with Gasteiger partial charge < -0.3 is 5.11 Å². The summed E-state index contributed by atoms with van der Waals surface area (Å²) in [5, 5.41) is 9.34. The third kappa shape index (κ3) is 4.46. The van der Waals surface area contributed by atoms with Gasteiger partial charge in [0.1, 0.15) is 0 Å². The predicted octanol–water partition coefficient (Wildman–Crippen LogP) is 3.72. The van der Waals surface area contributed by atoms with Gasteiger partial charge in [0.2, 0.25) is 0 Å². The Morgan fingerprint density at radius 2 is 1.95 bits per heavy atom. The maximum atomic E-state index is 11.4. The van der Waals surface area contributed by atoms with Gasteiger partial charge in [-0.3, -0.25) is 9.78 Å². The highest BCUT2D eigenvalue weighted by molar-refractivity contribution is 9.10. The molecule has 104 valence electrons. The molecular weight excluding hydrogens is 318 g/mol. The van der Waals surface area contributed by atoms with Gasteiger partial charge in [0.25, 0.3) is 0 Å². The van der Waals surface area contributed by atoms with Crippen molar-refractivity contribution < 1.29 is 9.90 Å². The molecule has 0 aliphatic rings. The number of benzene rings is 1. The molecule has 1 aromatic carbocycles. The first-order valence-corrected chi connectivity index (χ1v) is 7.31. The lowest BCUT2D eigenvalue weighted by atomic mass is 9.94. The summed E-state index contributed by atoms with van der Waals surface area (Å²) < 4.78 is 1.00. The van der Waals surface area contributed by atoms with Crippen LogP contribution in [0.5, 0.6) is 0 Å². The number of hydrogen-bond acceptors (Lipinski definition) is 2. The van der Waals surface area contributed by atoms with E-state index < -0.39 is 5.97 Å². The summed E-state index contributed by atoms with van der Waals surface area (Å²) in [4.78, 5) is 15.6.